The molecule has 29 heavy (non-hydrogen) atoms. The quantitative estimate of drug-likeness (QED) is 0.415. The molecule has 5 rings (SSSR count). The molecule has 0 saturated carbocycles. The second-order valence-electron chi connectivity index (χ2n) is 7.96. The van der Waals surface area contributed by atoms with Crippen LogP contribution in [-0.4, -0.2) is 29.7 Å². The monoisotopic (exact) mass is 391 g/mol. The standard InChI is InChI=1S/C24H26FN3O/c25-17-4-5-23-20(14-17)21(15-28-23)18(16-6-10-26-11-7-16)9-13-29-24-3-1-2-22-19(24)8-12-27-22/h1-5,8,12,14-16,18,26-28H,6-7,9-11,13H2. The number of halogens is 1. The van der Waals surface area contributed by atoms with E-state index in [2.05, 4.69) is 33.6 Å². The number of rotatable bonds is 6. The van der Waals surface area contributed by atoms with E-state index in [-0.39, 0.29) is 5.82 Å². The zero-order valence-electron chi connectivity index (χ0n) is 16.4. The number of H-pyrrole nitrogens is 2. The van der Waals surface area contributed by atoms with Gasteiger partial charge in [-0.05, 0) is 86.1 Å². The summed E-state index contributed by atoms with van der Waals surface area (Å²) in [5, 5.41) is 5.57. The smallest absolute Gasteiger partial charge is 0.128 e. The maximum Gasteiger partial charge on any atom is 0.128 e. The van der Waals surface area contributed by atoms with Gasteiger partial charge in [-0.25, -0.2) is 4.39 Å². The first-order valence-corrected chi connectivity index (χ1v) is 10.5. The largest absolute Gasteiger partial charge is 0.493 e. The summed E-state index contributed by atoms with van der Waals surface area (Å²) in [5.74, 6) is 1.65. The summed E-state index contributed by atoms with van der Waals surface area (Å²) in [6.45, 7) is 2.73. The first-order valence-electron chi connectivity index (χ1n) is 10.5. The molecule has 3 N–H and O–H groups in total. The van der Waals surface area contributed by atoms with Gasteiger partial charge in [-0.2, -0.15) is 0 Å². The zero-order valence-corrected chi connectivity index (χ0v) is 16.4. The van der Waals surface area contributed by atoms with E-state index in [0.29, 0.717) is 18.4 Å². The Labute approximate surface area is 169 Å². The Balaban J connectivity index is 1.40. The van der Waals surface area contributed by atoms with E-state index in [4.69, 9.17) is 4.74 Å². The number of fused-ring (bicyclic) bond motifs is 2. The van der Waals surface area contributed by atoms with Gasteiger partial charge in [-0.15, -0.1) is 0 Å². The Morgan fingerprint density at radius 3 is 2.76 bits per heavy atom. The van der Waals surface area contributed by atoms with Crippen molar-refractivity contribution in [3.05, 3.63) is 66.2 Å². The van der Waals surface area contributed by atoms with Crippen LogP contribution in [0.5, 0.6) is 5.75 Å². The van der Waals surface area contributed by atoms with E-state index in [1.54, 1.807) is 6.07 Å². The van der Waals surface area contributed by atoms with Crippen molar-refractivity contribution >= 4 is 21.8 Å². The minimum atomic E-state index is -0.183. The fourth-order valence-electron chi connectivity index (χ4n) is 4.79. The van der Waals surface area contributed by atoms with Crippen LogP contribution < -0.4 is 10.1 Å². The van der Waals surface area contributed by atoms with Gasteiger partial charge in [-0.1, -0.05) is 6.07 Å². The lowest BCUT2D eigenvalue weighted by Gasteiger charge is -2.31. The molecule has 0 aliphatic carbocycles. The highest BCUT2D eigenvalue weighted by Crippen LogP contribution is 2.38. The molecule has 4 nitrogen and oxygen atoms in total. The van der Waals surface area contributed by atoms with E-state index in [0.717, 1.165) is 59.9 Å². The van der Waals surface area contributed by atoms with Crippen molar-refractivity contribution in [1.82, 2.24) is 15.3 Å². The Hall–Kier alpha value is -2.79. The summed E-state index contributed by atoms with van der Waals surface area (Å²) < 4.78 is 20.2. The molecule has 2 aromatic carbocycles. The Morgan fingerprint density at radius 2 is 1.86 bits per heavy atom. The minimum Gasteiger partial charge on any atom is -0.493 e. The van der Waals surface area contributed by atoms with Crippen LogP contribution >= 0.6 is 0 Å². The highest BCUT2D eigenvalue weighted by atomic mass is 19.1. The van der Waals surface area contributed by atoms with Crippen LogP contribution in [0, 0.1) is 11.7 Å². The maximum atomic E-state index is 13.9. The van der Waals surface area contributed by atoms with Gasteiger partial charge in [0.1, 0.15) is 11.6 Å². The average Bonchev–Trinajstić information content (AvgIpc) is 3.39. The highest BCUT2D eigenvalue weighted by Gasteiger charge is 2.27. The molecule has 0 radical (unpaired) electrons. The molecule has 1 aliphatic rings. The number of hydrogen-bond acceptors (Lipinski definition) is 2. The molecule has 1 unspecified atom stereocenters. The number of piperidine rings is 1. The molecular weight excluding hydrogens is 365 g/mol. The van der Waals surface area contributed by atoms with Crippen molar-refractivity contribution in [2.24, 2.45) is 5.92 Å². The van der Waals surface area contributed by atoms with E-state index < -0.39 is 0 Å². The molecule has 1 atom stereocenters. The third-order valence-corrected chi connectivity index (χ3v) is 6.27. The van der Waals surface area contributed by atoms with E-state index in [1.807, 2.05) is 24.4 Å². The lowest BCUT2D eigenvalue weighted by molar-refractivity contribution is 0.250. The topological polar surface area (TPSA) is 52.8 Å². The van der Waals surface area contributed by atoms with E-state index >= 15 is 0 Å². The number of nitrogens with one attached hydrogen (secondary N) is 3. The molecule has 4 aromatic rings. The Morgan fingerprint density at radius 1 is 1.00 bits per heavy atom. The highest BCUT2D eigenvalue weighted by molar-refractivity contribution is 5.85. The van der Waals surface area contributed by atoms with Gasteiger partial charge in [0.15, 0.2) is 0 Å². The van der Waals surface area contributed by atoms with E-state index in [9.17, 15) is 4.39 Å². The maximum absolute atomic E-state index is 13.9. The predicted octanol–water partition coefficient (Wildman–Crippen LogP) is 5.34. The normalized spacial score (nSPS) is 16.4. The summed E-state index contributed by atoms with van der Waals surface area (Å²) in [4.78, 5) is 6.57. The van der Waals surface area contributed by atoms with Gasteiger partial charge in [0.25, 0.3) is 0 Å². The lowest BCUT2D eigenvalue weighted by atomic mass is 9.78. The van der Waals surface area contributed by atoms with E-state index in [1.165, 1.54) is 11.6 Å². The summed E-state index contributed by atoms with van der Waals surface area (Å²) in [6, 6.07) is 13.2. The van der Waals surface area contributed by atoms with Gasteiger partial charge in [-0.3, -0.25) is 0 Å². The lowest BCUT2D eigenvalue weighted by Crippen LogP contribution is -2.31. The number of ether oxygens (including phenoxy) is 1. The molecule has 1 saturated heterocycles. The van der Waals surface area contributed by atoms with Crippen LogP contribution in [0.4, 0.5) is 4.39 Å². The summed E-state index contributed by atoms with van der Waals surface area (Å²) in [7, 11) is 0. The number of hydrogen-bond donors (Lipinski definition) is 3. The minimum absolute atomic E-state index is 0.183. The van der Waals surface area contributed by atoms with Gasteiger partial charge in [0.05, 0.1) is 6.61 Å². The average molecular weight is 391 g/mol. The number of benzene rings is 2. The van der Waals surface area contributed by atoms with Gasteiger partial charge in [0, 0.05) is 34.2 Å². The van der Waals surface area contributed by atoms with Crippen LogP contribution in [0.2, 0.25) is 0 Å². The molecule has 150 valence electrons. The molecule has 1 fully saturated rings. The summed E-state index contributed by atoms with van der Waals surface area (Å²) in [5.41, 5.74) is 3.30. The molecule has 3 heterocycles. The Bertz CT molecular complexity index is 1110. The molecule has 2 aromatic heterocycles. The summed E-state index contributed by atoms with van der Waals surface area (Å²) >= 11 is 0. The van der Waals surface area contributed by atoms with Crippen molar-refractivity contribution < 1.29 is 9.13 Å². The molecule has 1 aliphatic heterocycles. The van der Waals surface area contributed by atoms with Crippen molar-refractivity contribution in [3.63, 3.8) is 0 Å². The fraction of sp³-hybridized carbons (Fsp3) is 0.333. The Kier molecular flexibility index (Phi) is 4.98. The van der Waals surface area contributed by atoms with Crippen LogP contribution in [-0.2, 0) is 0 Å². The van der Waals surface area contributed by atoms with Crippen LogP contribution in [0.1, 0.15) is 30.7 Å². The van der Waals surface area contributed by atoms with Crippen molar-refractivity contribution in [1.29, 1.82) is 0 Å². The van der Waals surface area contributed by atoms with Crippen LogP contribution in [0.25, 0.3) is 21.8 Å². The first kappa shape index (κ1) is 18.3. The van der Waals surface area contributed by atoms with Crippen molar-refractivity contribution in [2.75, 3.05) is 19.7 Å². The second-order valence-corrected chi connectivity index (χ2v) is 7.96. The molecular formula is C24H26FN3O. The third kappa shape index (κ3) is 3.62. The SMILES string of the molecule is Fc1ccc2[nH]cc(C(CCOc3cccc4[nH]ccc34)C3CCNCC3)c2c1. The first-order chi connectivity index (χ1) is 14.3. The third-order valence-electron chi connectivity index (χ3n) is 6.27. The number of aromatic amines is 2. The van der Waals surface area contributed by atoms with Crippen LogP contribution in [0.3, 0.4) is 0 Å². The molecule has 5 heteroatoms. The second kappa shape index (κ2) is 7.91. The summed E-state index contributed by atoms with van der Waals surface area (Å²) in [6.07, 6.45) is 7.20. The van der Waals surface area contributed by atoms with Gasteiger partial charge in [0.2, 0.25) is 0 Å². The molecule has 0 spiro atoms. The number of aromatic nitrogens is 2. The van der Waals surface area contributed by atoms with Crippen molar-refractivity contribution in [3.8, 4) is 5.75 Å². The molecule has 0 amide bonds. The predicted molar refractivity (Wildman–Crippen MR) is 115 cm³/mol. The fourth-order valence-corrected chi connectivity index (χ4v) is 4.79. The zero-order chi connectivity index (χ0) is 19.6. The van der Waals surface area contributed by atoms with Crippen LogP contribution in [0.15, 0.2) is 54.9 Å². The van der Waals surface area contributed by atoms with Gasteiger partial charge < -0.3 is 20.0 Å². The molecule has 0 bridgehead atoms. The van der Waals surface area contributed by atoms with Gasteiger partial charge >= 0.3 is 0 Å². The van der Waals surface area contributed by atoms with Crippen molar-refractivity contribution in [2.45, 2.75) is 25.2 Å².